The monoisotopic (exact) mass is 705 g/mol. The minimum absolute atomic E-state index is 0.940. The van der Waals surface area contributed by atoms with Gasteiger partial charge < -0.3 is 13.3 Å². The first kappa shape index (κ1) is 44.6. The molecule has 0 fully saturated rings. The quantitative estimate of drug-likeness (QED) is 0.0362. The Morgan fingerprint density at radius 1 is 0.273 bits per heavy atom. The van der Waals surface area contributed by atoms with E-state index in [-0.39, 0.29) is 0 Å². The van der Waals surface area contributed by atoms with Gasteiger partial charge in [-0.1, -0.05) is 221 Å². The number of unbranched alkanes of at least 4 members (excludes halogenated alkanes) is 33. The van der Waals surface area contributed by atoms with Crippen LogP contribution in [0.4, 0.5) is 0 Å². The molecule has 0 aliphatic carbocycles. The maximum absolute atomic E-state index is 5.50. The van der Waals surface area contributed by atoms with E-state index < -0.39 is 8.80 Å². The molecular weight excluding hydrogens is 624 g/mol. The van der Waals surface area contributed by atoms with Crippen LogP contribution in [0.1, 0.15) is 218 Å². The Hall–Kier alpha value is 0.577. The summed E-state index contributed by atoms with van der Waals surface area (Å²) in [6.07, 6.45) is 49.0. The first-order valence-electron chi connectivity index (χ1n) is 20.0. The average molecular weight is 706 g/mol. The molecule has 5 heteroatoms. The van der Waals surface area contributed by atoms with E-state index in [0.29, 0.717) is 0 Å². The van der Waals surface area contributed by atoms with Crippen molar-refractivity contribution in [3.8, 4) is 0 Å². The van der Waals surface area contributed by atoms with Crippen molar-refractivity contribution in [2.45, 2.75) is 224 Å². The molecule has 0 N–H and O–H groups in total. The van der Waals surface area contributed by atoms with Crippen molar-refractivity contribution in [1.82, 2.24) is 0 Å². The van der Waals surface area contributed by atoms with Gasteiger partial charge in [-0.25, -0.2) is 0 Å². The van der Waals surface area contributed by atoms with E-state index in [1.54, 1.807) is 21.3 Å². The van der Waals surface area contributed by atoms with E-state index in [0.717, 1.165) is 12.5 Å². The first-order chi connectivity index (χ1) is 21.7. The fraction of sp³-hybridized carbons (Fsp3) is 1.00. The van der Waals surface area contributed by atoms with Crippen LogP contribution < -0.4 is 0 Å². The fourth-order valence-corrected chi connectivity index (χ4v) is 8.84. The topological polar surface area (TPSA) is 27.7 Å². The van der Waals surface area contributed by atoms with Gasteiger partial charge >= 0.3 is 8.80 Å². The summed E-state index contributed by atoms with van der Waals surface area (Å²) in [7, 11) is 2.79. The van der Waals surface area contributed by atoms with E-state index in [4.69, 9.17) is 13.3 Å². The van der Waals surface area contributed by atoms with E-state index in [2.05, 4.69) is 15.9 Å². The molecule has 0 unspecified atom stereocenters. The molecule has 0 aromatic heterocycles. The third-order valence-electron chi connectivity index (χ3n) is 9.80. The predicted octanol–water partition coefficient (Wildman–Crippen LogP) is 14.5. The first-order valence-corrected chi connectivity index (χ1v) is 23.0. The highest BCUT2D eigenvalue weighted by atomic mass is 79.9. The average Bonchev–Trinajstić information content (AvgIpc) is 3.05. The summed E-state index contributed by atoms with van der Waals surface area (Å²) >= 11 is 3.52. The van der Waals surface area contributed by atoms with E-state index in [9.17, 15) is 0 Å². The van der Waals surface area contributed by atoms with Gasteiger partial charge in [0.2, 0.25) is 0 Å². The van der Waals surface area contributed by atoms with Crippen LogP contribution >= 0.6 is 15.9 Å². The lowest BCUT2D eigenvalue weighted by Gasteiger charge is -2.24. The molecule has 0 heterocycles. The highest BCUT2D eigenvalue weighted by molar-refractivity contribution is 9.09. The number of hydrogen-bond acceptors (Lipinski definition) is 3. The summed E-state index contributed by atoms with van der Waals surface area (Å²) in [5.41, 5.74) is 0. The maximum atomic E-state index is 5.50. The van der Waals surface area contributed by atoms with Gasteiger partial charge in [0.25, 0.3) is 0 Å². The van der Waals surface area contributed by atoms with Gasteiger partial charge in [-0.3, -0.25) is 0 Å². The number of rotatable bonds is 39. The van der Waals surface area contributed by atoms with Crippen molar-refractivity contribution in [3.63, 3.8) is 0 Å². The van der Waals surface area contributed by atoms with Crippen molar-refractivity contribution in [2.75, 3.05) is 26.7 Å². The van der Waals surface area contributed by atoms with Gasteiger partial charge in [-0.05, 0) is 12.8 Å². The Bertz CT molecular complexity index is 509. The zero-order chi connectivity index (χ0) is 32.1. The van der Waals surface area contributed by atoms with Crippen LogP contribution in [0.25, 0.3) is 0 Å². The van der Waals surface area contributed by atoms with Gasteiger partial charge in [0.1, 0.15) is 0 Å². The van der Waals surface area contributed by atoms with E-state index in [1.165, 1.54) is 217 Å². The molecule has 0 spiro atoms. The summed E-state index contributed by atoms with van der Waals surface area (Å²) in [4.78, 5) is 0. The van der Waals surface area contributed by atoms with Crippen LogP contribution in [0.5, 0.6) is 0 Å². The molecule has 0 bridgehead atoms. The number of hydrogen-bond donors (Lipinski definition) is 0. The molecule has 3 nitrogen and oxygen atoms in total. The molecule has 0 amide bonds. The minimum Gasteiger partial charge on any atom is -0.377 e. The van der Waals surface area contributed by atoms with Gasteiger partial charge in [0.15, 0.2) is 0 Å². The van der Waals surface area contributed by atoms with Crippen LogP contribution in [-0.4, -0.2) is 35.5 Å². The Kier molecular flexibility index (Phi) is 38.5. The third-order valence-corrected chi connectivity index (χ3v) is 13.2. The van der Waals surface area contributed by atoms with Gasteiger partial charge in [0.05, 0.1) is 0 Å². The third kappa shape index (κ3) is 32.5. The van der Waals surface area contributed by atoms with Crippen molar-refractivity contribution in [1.29, 1.82) is 0 Å². The number of alkyl halides is 1. The molecule has 0 saturated carbocycles. The molecule has 0 aliphatic heterocycles. The Balaban J connectivity index is 3.11. The lowest BCUT2D eigenvalue weighted by molar-refractivity contribution is 0.122. The molecule has 266 valence electrons. The molecule has 0 saturated heterocycles. The molecule has 44 heavy (non-hydrogen) atoms. The standard InChI is InChI=1S/C39H81BrO3Si/c1-41-44(42-2,43-3)39-37-35-33-31-29-27-25-23-21-19-17-15-13-11-9-7-5-4-6-8-10-12-14-16-18-20-22-24-26-28-30-32-34-36-38-40/h4-39H2,1-3H3. The van der Waals surface area contributed by atoms with Gasteiger partial charge in [-0.15, -0.1) is 0 Å². The number of halogens is 1. The maximum Gasteiger partial charge on any atom is 0.500 e. The molecule has 0 aliphatic rings. The Morgan fingerprint density at radius 2 is 0.432 bits per heavy atom. The minimum atomic E-state index is -2.34. The van der Waals surface area contributed by atoms with Crippen LogP contribution in [0.3, 0.4) is 0 Å². The van der Waals surface area contributed by atoms with Crippen LogP contribution in [0, 0.1) is 0 Å². The summed E-state index contributed by atoms with van der Waals surface area (Å²) < 4.78 is 16.5. The van der Waals surface area contributed by atoms with Crippen LogP contribution in [0.15, 0.2) is 0 Å². The van der Waals surface area contributed by atoms with Crippen molar-refractivity contribution in [3.05, 3.63) is 0 Å². The van der Waals surface area contributed by atoms with Crippen molar-refractivity contribution in [2.24, 2.45) is 0 Å². The van der Waals surface area contributed by atoms with E-state index >= 15 is 0 Å². The smallest absolute Gasteiger partial charge is 0.377 e. The Labute approximate surface area is 288 Å². The normalized spacial score (nSPS) is 12.0. The second-order valence-corrected chi connectivity index (χ2v) is 17.6. The van der Waals surface area contributed by atoms with Crippen molar-refractivity contribution >= 4 is 24.7 Å². The zero-order valence-corrected chi connectivity index (χ0v) is 33.1. The molecule has 0 rings (SSSR count). The van der Waals surface area contributed by atoms with Crippen molar-refractivity contribution < 1.29 is 13.3 Å². The molecule has 0 radical (unpaired) electrons. The lowest BCUT2D eigenvalue weighted by Crippen LogP contribution is -2.42. The van der Waals surface area contributed by atoms with Crippen LogP contribution in [-0.2, 0) is 13.3 Å². The second-order valence-electron chi connectivity index (χ2n) is 13.8. The predicted molar refractivity (Wildman–Crippen MR) is 202 cm³/mol. The Morgan fingerprint density at radius 3 is 0.591 bits per heavy atom. The molecule has 0 atom stereocenters. The molecule has 0 aromatic rings. The zero-order valence-electron chi connectivity index (χ0n) is 30.6. The largest absolute Gasteiger partial charge is 0.500 e. The second kappa shape index (κ2) is 38.0. The fourth-order valence-electron chi connectivity index (χ4n) is 6.65. The SMILES string of the molecule is CO[Si](CCCCCCCCCCCCCCCCCCCCCCCCCCCCCCCCCCCCBr)(OC)OC. The molecular formula is C39H81BrO3Si. The van der Waals surface area contributed by atoms with Crippen LogP contribution in [0.2, 0.25) is 6.04 Å². The van der Waals surface area contributed by atoms with Gasteiger partial charge in [0, 0.05) is 32.7 Å². The summed E-state index contributed by atoms with van der Waals surface area (Å²) in [5.74, 6) is 0. The summed E-state index contributed by atoms with van der Waals surface area (Å²) in [5, 5.41) is 1.18. The van der Waals surface area contributed by atoms with Gasteiger partial charge in [-0.2, -0.15) is 0 Å². The molecule has 0 aromatic carbocycles. The highest BCUT2D eigenvalue weighted by Crippen LogP contribution is 2.20. The van der Waals surface area contributed by atoms with E-state index in [1.807, 2.05) is 0 Å². The lowest BCUT2D eigenvalue weighted by atomic mass is 10.0. The highest BCUT2D eigenvalue weighted by Gasteiger charge is 2.36. The summed E-state index contributed by atoms with van der Waals surface area (Å²) in [6, 6.07) is 0.940. The summed E-state index contributed by atoms with van der Waals surface area (Å²) in [6.45, 7) is 0.